The Morgan fingerprint density at radius 2 is 2.05 bits per heavy atom. The fourth-order valence-electron chi connectivity index (χ4n) is 2.76. The highest BCUT2D eigenvalue weighted by molar-refractivity contribution is 5.77. The third kappa shape index (κ3) is 3.91. The van der Waals surface area contributed by atoms with E-state index < -0.39 is 0 Å². The molecule has 1 amide bonds. The van der Waals surface area contributed by atoms with Gasteiger partial charge < -0.3 is 15.0 Å². The van der Waals surface area contributed by atoms with E-state index in [4.69, 9.17) is 4.74 Å². The summed E-state index contributed by atoms with van der Waals surface area (Å²) in [7, 11) is 0. The van der Waals surface area contributed by atoms with Crippen molar-refractivity contribution < 1.29 is 9.53 Å². The normalized spacial score (nSPS) is 28.4. The largest absolute Gasteiger partial charge is 0.379 e. The topological polar surface area (TPSA) is 44.8 Å². The van der Waals surface area contributed by atoms with Crippen LogP contribution in [0.15, 0.2) is 0 Å². The molecule has 2 fully saturated rings. The van der Waals surface area contributed by atoms with Gasteiger partial charge in [0.2, 0.25) is 5.91 Å². The van der Waals surface area contributed by atoms with Crippen molar-refractivity contribution in [2.24, 2.45) is 0 Å². The number of carbonyl (C=O) groups excluding carboxylic acids is 1. The first kappa shape index (κ1) is 14.8. The average molecular weight is 269 g/mol. The molecule has 2 rings (SSSR count). The van der Waals surface area contributed by atoms with Crippen LogP contribution in [0.1, 0.15) is 27.2 Å². The first-order valence-electron chi connectivity index (χ1n) is 7.33. The van der Waals surface area contributed by atoms with Crippen LogP contribution in [0.25, 0.3) is 0 Å². The van der Waals surface area contributed by atoms with E-state index in [1.54, 1.807) is 0 Å². The number of carbonyl (C=O) groups is 1. The molecule has 2 saturated heterocycles. The Morgan fingerprint density at radius 1 is 1.37 bits per heavy atom. The molecular formula is C14H27N3O2. The van der Waals surface area contributed by atoms with Crippen molar-refractivity contribution in [3.63, 3.8) is 0 Å². The van der Waals surface area contributed by atoms with Crippen LogP contribution < -0.4 is 5.32 Å². The SMILES string of the molecule is CC1CN(C(=O)CCN2CCOCC2)C(C)(C)CN1. The highest BCUT2D eigenvalue weighted by atomic mass is 16.5. The minimum atomic E-state index is -0.0748. The molecule has 0 aliphatic carbocycles. The molecule has 0 aromatic heterocycles. The molecule has 1 atom stereocenters. The monoisotopic (exact) mass is 269 g/mol. The standard InChI is InChI=1S/C14H27N3O2/c1-12-10-17(14(2,3)11-15-12)13(18)4-5-16-6-8-19-9-7-16/h12,15H,4-11H2,1-3H3. The van der Waals surface area contributed by atoms with E-state index in [2.05, 4.69) is 35.9 Å². The number of piperazine rings is 1. The summed E-state index contributed by atoms with van der Waals surface area (Å²) in [4.78, 5) is 16.8. The summed E-state index contributed by atoms with van der Waals surface area (Å²) in [6.07, 6.45) is 0.621. The molecule has 5 heteroatoms. The van der Waals surface area contributed by atoms with Gasteiger partial charge in [-0.1, -0.05) is 0 Å². The minimum Gasteiger partial charge on any atom is -0.379 e. The van der Waals surface area contributed by atoms with Crippen LogP contribution in [0.4, 0.5) is 0 Å². The van der Waals surface area contributed by atoms with E-state index in [0.717, 1.165) is 45.9 Å². The predicted molar refractivity (Wildman–Crippen MR) is 75.1 cm³/mol. The van der Waals surface area contributed by atoms with E-state index in [1.165, 1.54) is 0 Å². The average Bonchev–Trinajstić information content (AvgIpc) is 2.40. The molecule has 0 aromatic rings. The molecule has 2 aliphatic heterocycles. The molecule has 0 radical (unpaired) electrons. The maximum atomic E-state index is 12.4. The number of hydrogen-bond donors (Lipinski definition) is 1. The molecule has 1 N–H and O–H groups in total. The molecule has 0 bridgehead atoms. The zero-order valence-electron chi connectivity index (χ0n) is 12.4. The zero-order valence-corrected chi connectivity index (χ0v) is 12.4. The van der Waals surface area contributed by atoms with Crippen LogP contribution in [0.2, 0.25) is 0 Å². The minimum absolute atomic E-state index is 0.0748. The predicted octanol–water partition coefficient (Wildman–Crippen LogP) is 0.308. The second kappa shape index (κ2) is 6.20. The van der Waals surface area contributed by atoms with E-state index in [9.17, 15) is 4.79 Å². The molecule has 110 valence electrons. The first-order valence-corrected chi connectivity index (χ1v) is 7.33. The van der Waals surface area contributed by atoms with Crippen LogP contribution >= 0.6 is 0 Å². The molecular weight excluding hydrogens is 242 g/mol. The van der Waals surface area contributed by atoms with Crippen LogP contribution in [-0.2, 0) is 9.53 Å². The van der Waals surface area contributed by atoms with Crippen LogP contribution in [0.3, 0.4) is 0 Å². The van der Waals surface area contributed by atoms with Crippen molar-refractivity contribution in [3.8, 4) is 0 Å². The van der Waals surface area contributed by atoms with Crippen molar-refractivity contribution in [1.82, 2.24) is 15.1 Å². The van der Waals surface area contributed by atoms with Gasteiger partial charge in [0, 0.05) is 50.7 Å². The van der Waals surface area contributed by atoms with Gasteiger partial charge in [0.25, 0.3) is 0 Å². The molecule has 2 aliphatic rings. The smallest absolute Gasteiger partial charge is 0.224 e. The lowest BCUT2D eigenvalue weighted by atomic mass is 9.97. The number of nitrogens with one attached hydrogen (secondary N) is 1. The number of hydrogen-bond acceptors (Lipinski definition) is 4. The number of nitrogens with zero attached hydrogens (tertiary/aromatic N) is 2. The van der Waals surface area contributed by atoms with E-state index in [0.29, 0.717) is 12.5 Å². The van der Waals surface area contributed by atoms with Gasteiger partial charge in [0.05, 0.1) is 13.2 Å². The zero-order chi connectivity index (χ0) is 13.9. The second-order valence-electron chi connectivity index (χ2n) is 6.30. The van der Waals surface area contributed by atoms with Crippen molar-refractivity contribution in [2.75, 3.05) is 45.9 Å². The van der Waals surface area contributed by atoms with Crippen LogP contribution in [0, 0.1) is 0 Å². The Kier molecular flexibility index (Phi) is 4.81. The van der Waals surface area contributed by atoms with Crippen molar-refractivity contribution in [2.45, 2.75) is 38.8 Å². The third-order valence-corrected chi connectivity index (χ3v) is 4.12. The molecule has 2 heterocycles. The Bertz CT molecular complexity index is 314. The summed E-state index contributed by atoms with van der Waals surface area (Å²) in [5.41, 5.74) is -0.0748. The van der Waals surface area contributed by atoms with Gasteiger partial charge in [0.1, 0.15) is 0 Å². The van der Waals surface area contributed by atoms with Gasteiger partial charge in [-0.15, -0.1) is 0 Å². The number of rotatable bonds is 3. The van der Waals surface area contributed by atoms with Crippen molar-refractivity contribution >= 4 is 5.91 Å². The first-order chi connectivity index (χ1) is 8.99. The Balaban J connectivity index is 1.83. The number of morpholine rings is 1. The summed E-state index contributed by atoms with van der Waals surface area (Å²) in [5, 5.41) is 3.44. The fourth-order valence-corrected chi connectivity index (χ4v) is 2.76. The highest BCUT2D eigenvalue weighted by Crippen LogP contribution is 2.19. The number of amides is 1. The van der Waals surface area contributed by atoms with Gasteiger partial charge in [-0.25, -0.2) is 0 Å². The summed E-state index contributed by atoms with van der Waals surface area (Å²) < 4.78 is 5.32. The molecule has 0 saturated carbocycles. The lowest BCUT2D eigenvalue weighted by molar-refractivity contribution is -0.139. The van der Waals surface area contributed by atoms with Crippen molar-refractivity contribution in [1.29, 1.82) is 0 Å². The fraction of sp³-hybridized carbons (Fsp3) is 0.929. The second-order valence-corrected chi connectivity index (χ2v) is 6.30. The molecule has 0 spiro atoms. The van der Waals surface area contributed by atoms with Gasteiger partial charge >= 0.3 is 0 Å². The molecule has 5 nitrogen and oxygen atoms in total. The van der Waals surface area contributed by atoms with Gasteiger partial charge in [-0.2, -0.15) is 0 Å². The number of ether oxygens (including phenoxy) is 1. The molecule has 0 aromatic carbocycles. The van der Waals surface area contributed by atoms with Crippen molar-refractivity contribution in [3.05, 3.63) is 0 Å². The lowest BCUT2D eigenvalue weighted by Gasteiger charge is -2.45. The van der Waals surface area contributed by atoms with Crippen LogP contribution in [0.5, 0.6) is 0 Å². The van der Waals surface area contributed by atoms with E-state index >= 15 is 0 Å². The van der Waals surface area contributed by atoms with Gasteiger partial charge in [-0.3, -0.25) is 9.69 Å². The van der Waals surface area contributed by atoms with Gasteiger partial charge in [-0.05, 0) is 20.8 Å². The molecule has 1 unspecified atom stereocenters. The Hall–Kier alpha value is -0.650. The third-order valence-electron chi connectivity index (χ3n) is 4.12. The van der Waals surface area contributed by atoms with E-state index in [1.807, 2.05) is 0 Å². The van der Waals surface area contributed by atoms with E-state index in [-0.39, 0.29) is 11.4 Å². The maximum Gasteiger partial charge on any atom is 0.224 e. The summed E-state index contributed by atoms with van der Waals surface area (Å²) in [6, 6.07) is 0.389. The Morgan fingerprint density at radius 3 is 2.74 bits per heavy atom. The highest BCUT2D eigenvalue weighted by Gasteiger charge is 2.35. The lowest BCUT2D eigenvalue weighted by Crippen LogP contribution is -2.63. The maximum absolute atomic E-state index is 12.4. The summed E-state index contributed by atoms with van der Waals surface area (Å²) >= 11 is 0. The summed E-state index contributed by atoms with van der Waals surface area (Å²) in [6.45, 7) is 12.5. The van der Waals surface area contributed by atoms with Gasteiger partial charge in [0.15, 0.2) is 0 Å². The molecule has 19 heavy (non-hydrogen) atoms. The quantitative estimate of drug-likeness (QED) is 0.801. The Labute approximate surface area is 116 Å². The summed E-state index contributed by atoms with van der Waals surface area (Å²) in [5.74, 6) is 0.282. The van der Waals surface area contributed by atoms with Crippen LogP contribution in [-0.4, -0.2) is 73.2 Å².